The van der Waals surface area contributed by atoms with Crippen LogP contribution in [0.1, 0.15) is 19.3 Å². The van der Waals surface area contributed by atoms with Crippen LogP contribution in [-0.2, 0) is 14.4 Å². The molecule has 0 atom stereocenters. The van der Waals surface area contributed by atoms with Gasteiger partial charge in [-0.15, -0.1) is 0 Å². The molecule has 0 radical (unpaired) electrons. The Morgan fingerprint density at radius 1 is 0.467 bits per heavy atom. The fourth-order valence-corrected chi connectivity index (χ4v) is 6.36. The van der Waals surface area contributed by atoms with E-state index >= 15 is 0 Å². The lowest BCUT2D eigenvalue weighted by Gasteiger charge is -2.08. The lowest BCUT2D eigenvalue weighted by Crippen LogP contribution is -2.13. The zero-order valence-electron chi connectivity index (χ0n) is 23.6. The largest absolute Gasteiger partial charge is 0.326 e. The zero-order chi connectivity index (χ0) is 32.0. The molecule has 0 spiro atoms. The monoisotopic (exact) mass is 720 g/mol. The number of aromatic nitrogens is 3. The number of carbonyl (C=O) groups excluding carboxylic acids is 3. The maximum Gasteiger partial charge on any atom is 0.225 e. The number of anilines is 3. The van der Waals surface area contributed by atoms with Gasteiger partial charge in [0.1, 0.15) is 0 Å². The molecule has 0 aliphatic carbocycles. The number of hydrogen-bond donors (Lipinski definition) is 3. The van der Waals surface area contributed by atoms with Crippen molar-refractivity contribution >= 4 is 105 Å². The standard InChI is InChI=1S/C30H27Cl3N6O3S3/c31-19-1-7-22(8-2-19)34-25(40)13-16-43-28-37-29(44-17-14-26(41)35-23-9-3-20(32)4-10-23)39-30(38-28)45-18-15-27(42)36-24-11-5-21(33)6-12-24/h1-12H,13-18H2,(H,34,40)(H,35,41)(H,36,42). The van der Waals surface area contributed by atoms with Gasteiger partial charge in [0, 0.05) is 68.7 Å². The molecule has 4 aromatic rings. The fraction of sp³-hybridized carbons (Fsp3) is 0.200. The van der Waals surface area contributed by atoms with Crippen molar-refractivity contribution < 1.29 is 14.4 Å². The number of hydrogen-bond acceptors (Lipinski definition) is 9. The quantitative estimate of drug-likeness (QED) is 0.104. The predicted octanol–water partition coefficient (Wildman–Crippen LogP) is 8.19. The van der Waals surface area contributed by atoms with Gasteiger partial charge in [-0.3, -0.25) is 14.4 Å². The van der Waals surface area contributed by atoms with Crippen molar-refractivity contribution in [2.45, 2.75) is 34.7 Å². The fourth-order valence-electron chi connectivity index (χ4n) is 3.49. The van der Waals surface area contributed by atoms with Gasteiger partial charge in [-0.05, 0) is 72.8 Å². The Morgan fingerprint density at radius 2 is 0.711 bits per heavy atom. The van der Waals surface area contributed by atoms with Gasteiger partial charge in [-0.25, -0.2) is 0 Å². The number of benzene rings is 3. The lowest BCUT2D eigenvalue weighted by atomic mass is 10.3. The highest BCUT2D eigenvalue weighted by Gasteiger charge is 2.13. The van der Waals surface area contributed by atoms with Crippen LogP contribution in [0.4, 0.5) is 17.1 Å². The minimum atomic E-state index is -0.151. The van der Waals surface area contributed by atoms with Crippen molar-refractivity contribution in [1.82, 2.24) is 15.0 Å². The Labute approximate surface area is 288 Å². The van der Waals surface area contributed by atoms with Crippen LogP contribution >= 0.6 is 70.1 Å². The smallest absolute Gasteiger partial charge is 0.225 e. The molecule has 3 N–H and O–H groups in total. The maximum atomic E-state index is 12.4. The van der Waals surface area contributed by atoms with E-state index in [1.54, 1.807) is 72.8 Å². The van der Waals surface area contributed by atoms with E-state index in [4.69, 9.17) is 34.8 Å². The van der Waals surface area contributed by atoms with Crippen LogP contribution in [0.5, 0.6) is 0 Å². The van der Waals surface area contributed by atoms with E-state index in [9.17, 15) is 14.4 Å². The molecule has 9 nitrogen and oxygen atoms in total. The first-order valence-electron chi connectivity index (χ1n) is 13.5. The summed E-state index contributed by atoms with van der Waals surface area (Å²) in [5.74, 6) is 0.851. The Balaban J connectivity index is 1.31. The van der Waals surface area contributed by atoms with E-state index in [0.717, 1.165) is 0 Å². The van der Waals surface area contributed by atoms with Crippen LogP contribution in [0.3, 0.4) is 0 Å². The molecule has 4 rings (SSSR count). The number of rotatable bonds is 15. The summed E-state index contributed by atoms with van der Waals surface area (Å²) in [5.41, 5.74) is 1.98. The van der Waals surface area contributed by atoms with Crippen molar-refractivity contribution in [3.8, 4) is 0 Å². The summed E-state index contributed by atoms with van der Waals surface area (Å²) in [6.45, 7) is 0. The van der Waals surface area contributed by atoms with Crippen molar-refractivity contribution in [2.75, 3.05) is 33.2 Å². The van der Waals surface area contributed by atoms with Gasteiger partial charge in [-0.1, -0.05) is 70.1 Å². The van der Waals surface area contributed by atoms with Gasteiger partial charge in [-0.2, -0.15) is 15.0 Å². The van der Waals surface area contributed by atoms with Gasteiger partial charge < -0.3 is 16.0 Å². The zero-order valence-corrected chi connectivity index (χ0v) is 28.3. The predicted molar refractivity (Wildman–Crippen MR) is 186 cm³/mol. The lowest BCUT2D eigenvalue weighted by molar-refractivity contribution is -0.116. The first kappa shape index (κ1) is 34.9. The van der Waals surface area contributed by atoms with Crippen LogP contribution in [0.25, 0.3) is 0 Å². The minimum absolute atomic E-state index is 0.151. The molecule has 0 aliphatic rings. The SMILES string of the molecule is O=C(CCSc1nc(SCCC(=O)Nc2ccc(Cl)cc2)nc(SCCC(=O)Nc2ccc(Cl)cc2)n1)Nc1ccc(Cl)cc1. The number of carbonyl (C=O) groups is 3. The van der Waals surface area contributed by atoms with E-state index in [-0.39, 0.29) is 37.0 Å². The minimum Gasteiger partial charge on any atom is -0.326 e. The first-order valence-corrected chi connectivity index (χ1v) is 17.6. The second kappa shape index (κ2) is 18.2. The summed E-state index contributed by atoms with van der Waals surface area (Å²) in [7, 11) is 0. The van der Waals surface area contributed by atoms with E-state index in [1.807, 2.05) is 0 Å². The summed E-state index contributed by atoms with van der Waals surface area (Å²) < 4.78 is 0. The molecule has 0 fully saturated rings. The highest BCUT2D eigenvalue weighted by molar-refractivity contribution is 8.00. The summed E-state index contributed by atoms with van der Waals surface area (Å²) in [4.78, 5) is 50.8. The summed E-state index contributed by atoms with van der Waals surface area (Å²) >= 11 is 21.7. The number of halogens is 3. The van der Waals surface area contributed by atoms with Crippen LogP contribution in [-0.4, -0.2) is 49.9 Å². The van der Waals surface area contributed by atoms with Gasteiger partial charge in [0.2, 0.25) is 17.7 Å². The number of nitrogens with one attached hydrogen (secondary N) is 3. The molecule has 0 saturated carbocycles. The summed E-state index contributed by atoms with van der Waals surface area (Å²) in [6, 6.07) is 20.6. The van der Waals surface area contributed by atoms with Crippen molar-refractivity contribution in [1.29, 1.82) is 0 Å². The van der Waals surface area contributed by atoms with Crippen LogP contribution in [0.2, 0.25) is 15.1 Å². The van der Waals surface area contributed by atoms with Crippen LogP contribution in [0.15, 0.2) is 88.3 Å². The molecular weight excluding hydrogens is 695 g/mol. The molecule has 45 heavy (non-hydrogen) atoms. The van der Waals surface area contributed by atoms with Crippen molar-refractivity contribution in [2.24, 2.45) is 0 Å². The second-order valence-electron chi connectivity index (χ2n) is 9.14. The normalized spacial score (nSPS) is 10.7. The third kappa shape index (κ3) is 13.1. The third-order valence-electron chi connectivity index (χ3n) is 5.64. The molecule has 234 valence electrons. The molecule has 0 unspecified atom stereocenters. The van der Waals surface area contributed by atoms with Gasteiger partial charge in [0.25, 0.3) is 0 Å². The topological polar surface area (TPSA) is 126 Å². The highest BCUT2D eigenvalue weighted by Crippen LogP contribution is 2.25. The summed E-state index contributed by atoms with van der Waals surface area (Å²) in [5, 5.41) is 11.6. The van der Waals surface area contributed by atoms with Gasteiger partial charge in [0.05, 0.1) is 0 Å². The highest BCUT2D eigenvalue weighted by atomic mass is 35.5. The van der Waals surface area contributed by atoms with E-state index < -0.39 is 0 Å². The van der Waals surface area contributed by atoms with Gasteiger partial charge in [0.15, 0.2) is 15.5 Å². The van der Waals surface area contributed by atoms with Crippen LogP contribution in [0, 0.1) is 0 Å². The van der Waals surface area contributed by atoms with E-state index in [2.05, 4.69) is 30.9 Å². The Kier molecular flexibility index (Phi) is 14.1. The molecular formula is C30H27Cl3N6O3S3. The van der Waals surface area contributed by atoms with Crippen molar-refractivity contribution in [3.05, 3.63) is 87.9 Å². The number of amides is 3. The van der Waals surface area contributed by atoms with E-state index in [1.165, 1.54) is 35.3 Å². The number of thioether (sulfide) groups is 3. The third-order valence-corrected chi connectivity index (χ3v) is 8.94. The number of nitrogens with zero attached hydrogens (tertiary/aromatic N) is 3. The second-order valence-corrected chi connectivity index (χ2v) is 13.6. The first-order chi connectivity index (χ1) is 21.7. The molecule has 0 saturated heterocycles. The molecule has 3 amide bonds. The Morgan fingerprint density at radius 3 is 0.956 bits per heavy atom. The molecule has 15 heteroatoms. The molecule has 1 heterocycles. The average Bonchev–Trinajstić information content (AvgIpc) is 3.01. The molecule has 0 aliphatic heterocycles. The summed E-state index contributed by atoms with van der Waals surface area (Å²) in [6.07, 6.45) is 0.707. The van der Waals surface area contributed by atoms with Crippen molar-refractivity contribution in [3.63, 3.8) is 0 Å². The van der Waals surface area contributed by atoms with Crippen LogP contribution < -0.4 is 16.0 Å². The molecule has 3 aromatic carbocycles. The van der Waals surface area contributed by atoms with Gasteiger partial charge >= 0.3 is 0 Å². The Hall–Kier alpha value is -3.00. The van der Waals surface area contributed by atoms with E-state index in [0.29, 0.717) is 64.9 Å². The Bertz CT molecular complexity index is 1400. The molecule has 1 aromatic heterocycles. The molecule has 0 bridgehead atoms. The maximum absolute atomic E-state index is 12.4. The average molecular weight is 722 g/mol.